The largest absolute Gasteiger partial charge is 0.490 e. The number of hydrogen-bond acceptors (Lipinski definition) is 2. The molecule has 0 saturated heterocycles. The SMILES string of the molecule is CCOc1ccc(Br)cc1OCC(F)(F)F. The van der Waals surface area contributed by atoms with E-state index in [2.05, 4.69) is 20.7 Å². The Morgan fingerprint density at radius 2 is 1.88 bits per heavy atom. The molecule has 0 saturated carbocycles. The first kappa shape index (κ1) is 13.2. The normalized spacial score (nSPS) is 11.3. The van der Waals surface area contributed by atoms with E-state index >= 15 is 0 Å². The second-order valence-electron chi connectivity index (χ2n) is 2.93. The summed E-state index contributed by atoms with van der Waals surface area (Å²) < 4.78 is 46.4. The van der Waals surface area contributed by atoms with Crippen molar-refractivity contribution in [3.05, 3.63) is 22.7 Å². The van der Waals surface area contributed by atoms with Gasteiger partial charge in [-0.3, -0.25) is 0 Å². The van der Waals surface area contributed by atoms with Gasteiger partial charge in [-0.15, -0.1) is 0 Å². The zero-order chi connectivity index (χ0) is 12.2. The average molecular weight is 299 g/mol. The fourth-order valence-electron chi connectivity index (χ4n) is 1.03. The smallest absolute Gasteiger partial charge is 0.422 e. The molecule has 0 N–H and O–H groups in total. The molecule has 0 aromatic heterocycles. The molecule has 0 atom stereocenters. The molecule has 0 amide bonds. The lowest BCUT2D eigenvalue weighted by Crippen LogP contribution is -2.19. The van der Waals surface area contributed by atoms with Crippen LogP contribution in [-0.4, -0.2) is 19.4 Å². The Bertz CT molecular complexity index is 352. The summed E-state index contributed by atoms with van der Waals surface area (Å²) in [6.07, 6.45) is -4.36. The molecule has 0 unspecified atom stereocenters. The minimum Gasteiger partial charge on any atom is -0.490 e. The maximum Gasteiger partial charge on any atom is 0.422 e. The second kappa shape index (κ2) is 5.43. The fourth-order valence-corrected chi connectivity index (χ4v) is 1.37. The van der Waals surface area contributed by atoms with Crippen molar-refractivity contribution >= 4 is 15.9 Å². The minimum atomic E-state index is -4.36. The predicted molar refractivity (Wildman–Crippen MR) is 56.9 cm³/mol. The standard InChI is InChI=1S/C10H10BrF3O2/c1-2-15-8-4-3-7(11)5-9(8)16-6-10(12,13)14/h3-5H,2,6H2,1H3. The summed E-state index contributed by atoms with van der Waals surface area (Å²) in [6, 6.07) is 4.67. The van der Waals surface area contributed by atoms with Gasteiger partial charge in [0.1, 0.15) is 0 Å². The van der Waals surface area contributed by atoms with Gasteiger partial charge in [0, 0.05) is 4.47 Å². The molecule has 0 bridgehead atoms. The molecule has 0 radical (unpaired) electrons. The van der Waals surface area contributed by atoms with Crippen LogP contribution in [0, 0.1) is 0 Å². The lowest BCUT2D eigenvalue weighted by atomic mass is 10.3. The quantitative estimate of drug-likeness (QED) is 0.842. The van der Waals surface area contributed by atoms with Crippen LogP contribution < -0.4 is 9.47 Å². The van der Waals surface area contributed by atoms with Crippen LogP contribution >= 0.6 is 15.9 Å². The van der Waals surface area contributed by atoms with Crippen LogP contribution in [0.25, 0.3) is 0 Å². The molecule has 0 fully saturated rings. The molecule has 1 aromatic carbocycles. The third kappa shape index (κ3) is 4.30. The highest BCUT2D eigenvalue weighted by molar-refractivity contribution is 9.10. The van der Waals surface area contributed by atoms with Crippen LogP contribution in [-0.2, 0) is 0 Å². The van der Waals surface area contributed by atoms with Crippen LogP contribution in [0.15, 0.2) is 22.7 Å². The van der Waals surface area contributed by atoms with Gasteiger partial charge in [-0.1, -0.05) is 15.9 Å². The third-order valence-electron chi connectivity index (χ3n) is 1.60. The molecular formula is C10H10BrF3O2. The van der Waals surface area contributed by atoms with Crippen LogP contribution in [0.2, 0.25) is 0 Å². The van der Waals surface area contributed by atoms with Gasteiger partial charge in [0.2, 0.25) is 0 Å². The summed E-state index contributed by atoms with van der Waals surface area (Å²) in [5.41, 5.74) is 0. The van der Waals surface area contributed by atoms with Crippen LogP contribution in [0.4, 0.5) is 13.2 Å². The molecule has 0 aliphatic heterocycles. The predicted octanol–water partition coefficient (Wildman–Crippen LogP) is 3.79. The van der Waals surface area contributed by atoms with Crippen molar-refractivity contribution in [1.29, 1.82) is 0 Å². The molecule has 2 nitrogen and oxygen atoms in total. The Balaban J connectivity index is 2.79. The molecule has 0 aliphatic rings. The van der Waals surface area contributed by atoms with Crippen molar-refractivity contribution in [3.63, 3.8) is 0 Å². The lowest BCUT2D eigenvalue weighted by molar-refractivity contribution is -0.153. The van der Waals surface area contributed by atoms with Crippen LogP contribution in [0.1, 0.15) is 6.92 Å². The van der Waals surface area contributed by atoms with Crippen molar-refractivity contribution in [2.75, 3.05) is 13.2 Å². The molecule has 1 rings (SSSR count). The van der Waals surface area contributed by atoms with Gasteiger partial charge in [-0.25, -0.2) is 0 Å². The Kier molecular flexibility index (Phi) is 4.46. The van der Waals surface area contributed by atoms with Gasteiger partial charge in [0.05, 0.1) is 6.61 Å². The molecule has 6 heteroatoms. The van der Waals surface area contributed by atoms with E-state index in [1.54, 1.807) is 19.1 Å². The van der Waals surface area contributed by atoms with Gasteiger partial charge in [0.25, 0.3) is 0 Å². The van der Waals surface area contributed by atoms with E-state index in [0.29, 0.717) is 16.8 Å². The number of benzene rings is 1. The Morgan fingerprint density at radius 3 is 2.44 bits per heavy atom. The van der Waals surface area contributed by atoms with Crippen molar-refractivity contribution in [2.45, 2.75) is 13.1 Å². The van der Waals surface area contributed by atoms with E-state index in [4.69, 9.17) is 4.74 Å². The van der Waals surface area contributed by atoms with E-state index in [0.717, 1.165) is 0 Å². The summed E-state index contributed by atoms with van der Waals surface area (Å²) >= 11 is 3.15. The van der Waals surface area contributed by atoms with Gasteiger partial charge < -0.3 is 9.47 Å². The highest BCUT2D eigenvalue weighted by Gasteiger charge is 2.29. The van der Waals surface area contributed by atoms with Gasteiger partial charge in [-0.2, -0.15) is 13.2 Å². The fraction of sp³-hybridized carbons (Fsp3) is 0.400. The van der Waals surface area contributed by atoms with E-state index in [1.165, 1.54) is 6.07 Å². The van der Waals surface area contributed by atoms with E-state index in [1.807, 2.05) is 0 Å². The van der Waals surface area contributed by atoms with Crippen molar-refractivity contribution in [2.24, 2.45) is 0 Å². The maximum atomic E-state index is 12.0. The molecule has 0 spiro atoms. The van der Waals surface area contributed by atoms with Crippen LogP contribution in [0.3, 0.4) is 0 Å². The number of ether oxygens (including phenoxy) is 2. The van der Waals surface area contributed by atoms with Crippen molar-refractivity contribution < 1.29 is 22.6 Å². The first-order chi connectivity index (χ1) is 7.42. The average Bonchev–Trinajstić information content (AvgIpc) is 2.17. The maximum absolute atomic E-state index is 12.0. The van der Waals surface area contributed by atoms with Crippen molar-refractivity contribution in [1.82, 2.24) is 0 Å². The van der Waals surface area contributed by atoms with E-state index in [9.17, 15) is 13.2 Å². The first-order valence-corrected chi connectivity index (χ1v) is 5.33. The molecule has 0 heterocycles. The van der Waals surface area contributed by atoms with Gasteiger partial charge >= 0.3 is 6.18 Å². The number of hydrogen-bond donors (Lipinski definition) is 0. The summed E-state index contributed by atoms with van der Waals surface area (Å²) in [7, 11) is 0. The Hall–Kier alpha value is -0.910. The minimum absolute atomic E-state index is 0.0774. The van der Waals surface area contributed by atoms with Gasteiger partial charge in [-0.05, 0) is 25.1 Å². The topological polar surface area (TPSA) is 18.5 Å². The zero-order valence-corrected chi connectivity index (χ0v) is 10.1. The summed E-state index contributed by atoms with van der Waals surface area (Å²) in [6.45, 7) is 0.781. The number of alkyl halides is 3. The molecule has 0 aliphatic carbocycles. The third-order valence-corrected chi connectivity index (χ3v) is 2.09. The van der Waals surface area contributed by atoms with Gasteiger partial charge in [0.15, 0.2) is 18.1 Å². The Morgan fingerprint density at radius 1 is 1.19 bits per heavy atom. The van der Waals surface area contributed by atoms with E-state index < -0.39 is 12.8 Å². The van der Waals surface area contributed by atoms with Crippen molar-refractivity contribution in [3.8, 4) is 11.5 Å². The van der Waals surface area contributed by atoms with Crippen LogP contribution in [0.5, 0.6) is 11.5 Å². The zero-order valence-electron chi connectivity index (χ0n) is 8.47. The number of halogens is 4. The summed E-state index contributed by atoms with van der Waals surface area (Å²) in [5.74, 6) is 0.378. The molecule has 1 aromatic rings. The van der Waals surface area contributed by atoms with E-state index in [-0.39, 0.29) is 5.75 Å². The first-order valence-electron chi connectivity index (χ1n) is 4.54. The highest BCUT2D eigenvalue weighted by Crippen LogP contribution is 2.31. The summed E-state index contributed by atoms with van der Waals surface area (Å²) in [4.78, 5) is 0. The molecule has 90 valence electrons. The summed E-state index contributed by atoms with van der Waals surface area (Å²) in [5, 5.41) is 0. The molecule has 16 heavy (non-hydrogen) atoms. The monoisotopic (exact) mass is 298 g/mol. The second-order valence-corrected chi connectivity index (χ2v) is 3.84. The molecular weight excluding hydrogens is 289 g/mol. The highest BCUT2D eigenvalue weighted by atomic mass is 79.9. The number of rotatable bonds is 4. The lowest BCUT2D eigenvalue weighted by Gasteiger charge is -2.13. The Labute approximate surface area is 99.5 Å².